The maximum absolute atomic E-state index is 11.7. The van der Waals surface area contributed by atoms with E-state index in [0.717, 1.165) is 25.9 Å². The largest absolute Gasteiger partial charge is 0.362 e. The molecule has 1 aliphatic rings. The topological polar surface area (TPSA) is 44.4 Å². The molecule has 2 rings (SSSR count). The summed E-state index contributed by atoms with van der Waals surface area (Å²) in [4.78, 5) is 13.9. The number of para-hydroxylation sites is 1. The lowest BCUT2D eigenvalue weighted by molar-refractivity contribution is -0.119. The first-order valence-corrected chi connectivity index (χ1v) is 7.04. The number of rotatable bonds is 4. The third-order valence-electron chi connectivity index (χ3n) is 3.67. The summed E-state index contributed by atoms with van der Waals surface area (Å²) in [6, 6.07) is 8.72. The number of hydrogen-bond acceptors (Lipinski definition) is 3. The molecule has 1 fully saturated rings. The van der Waals surface area contributed by atoms with Crippen molar-refractivity contribution in [1.82, 2.24) is 10.6 Å². The molecule has 1 heterocycles. The van der Waals surface area contributed by atoms with Crippen LogP contribution in [-0.4, -0.2) is 32.6 Å². The monoisotopic (exact) mass is 261 g/mol. The molecule has 0 bridgehead atoms. The van der Waals surface area contributed by atoms with Crippen molar-refractivity contribution in [3.05, 3.63) is 29.8 Å². The second-order valence-corrected chi connectivity index (χ2v) is 4.93. The van der Waals surface area contributed by atoms with Crippen LogP contribution < -0.4 is 15.5 Å². The maximum atomic E-state index is 11.7. The Morgan fingerprint density at radius 3 is 2.95 bits per heavy atom. The van der Waals surface area contributed by atoms with Gasteiger partial charge in [0.05, 0.1) is 6.54 Å². The van der Waals surface area contributed by atoms with Gasteiger partial charge in [0.2, 0.25) is 5.91 Å². The van der Waals surface area contributed by atoms with E-state index in [2.05, 4.69) is 40.7 Å². The molecular formula is C15H23N3O. The summed E-state index contributed by atoms with van der Waals surface area (Å²) in [5, 5.41) is 6.27. The Morgan fingerprint density at radius 2 is 2.21 bits per heavy atom. The smallest absolute Gasteiger partial charge is 0.239 e. The van der Waals surface area contributed by atoms with Crippen LogP contribution in [0.4, 0.5) is 5.69 Å². The van der Waals surface area contributed by atoms with Gasteiger partial charge in [-0.25, -0.2) is 0 Å². The van der Waals surface area contributed by atoms with Crippen molar-refractivity contribution in [2.45, 2.75) is 25.8 Å². The molecule has 0 radical (unpaired) electrons. The Balaban J connectivity index is 2.29. The van der Waals surface area contributed by atoms with Crippen LogP contribution in [0.5, 0.6) is 0 Å². The number of benzene rings is 1. The fourth-order valence-corrected chi connectivity index (χ4v) is 2.66. The Morgan fingerprint density at radius 1 is 1.42 bits per heavy atom. The first kappa shape index (κ1) is 13.9. The fourth-order valence-electron chi connectivity index (χ4n) is 2.66. The number of nitrogens with one attached hydrogen (secondary N) is 2. The Hall–Kier alpha value is -1.55. The van der Waals surface area contributed by atoms with Gasteiger partial charge in [0.15, 0.2) is 0 Å². The minimum Gasteiger partial charge on any atom is -0.362 e. The van der Waals surface area contributed by atoms with E-state index in [1.54, 1.807) is 0 Å². The number of amides is 1. The quantitative estimate of drug-likeness (QED) is 0.867. The molecule has 1 aromatic carbocycles. The van der Waals surface area contributed by atoms with E-state index in [1.807, 2.05) is 13.1 Å². The number of carbonyl (C=O) groups excluding carboxylic acids is 1. The Labute approximate surface area is 115 Å². The second-order valence-electron chi connectivity index (χ2n) is 4.93. The van der Waals surface area contributed by atoms with Gasteiger partial charge in [-0.1, -0.05) is 25.1 Å². The van der Waals surface area contributed by atoms with E-state index in [1.165, 1.54) is 11.3 Å². The number of carbonyl (C=O) groups is 1. The molecular weight excluding hydrogens is 238 g/mol. The minimum atomic E-state index is 0.116. The average Bonchev–Trinajstić information content (AvgIpc) is 2.65. The third kappa shape index (κ3) is 3.26. The average molecular weight is 261 g/mol. The molecule has 1 unspecified atom stereocenters. The van der Waals surface area contributed by atoms with Crippen molar-refractivity contribution in [3.63, 3.8) is 0 Å². The third-order valence-corrected chi connectivity index (χ3v) is 3.67. The van der Waals surface area contributed by atoms with Gasteiger partial charge in [0, 0.05) is 24.8 Å². The lowest BCUT2D eigenvalue weighted by Crippen LogP contribution is -2.34. The minimum absolute atomic E-state index is 0.116. The molecule has 1 aromatic rings. The van der Waals surface area contributed by atoms with Crippen LogP contribution in [0.15, 0.2) is 24.3 Å². The summed E-state index contributed by atoms with van der Waals surface area (Å²) >= 11 is 0. The number of nitrogens with zero attached hydrogens (tertiary/aromatic N) is 1. The standard InChI is InChI=1S/C15H23N3O/c1-3-13(16-2)12-7-4-5-8-14(12)18-10-6-9-17-15(19)11-18/h4-5,7-8,13,16H,3,6,9-11H2,1-2H3,(H,17,19). The second kappa shape index (κ2) is 6.57. The molecule has 1 atom stereocenters. The summed E-state index contributed by atoms with van der Waals surface area (Å²) < 4.78 is 0. The molecule has 2 N–H and O–H groups in total. The van der Waals surface area contributed by atoms with Crippen LogP contribution in [0.3, 0.4) is 0 Å². The van der Waals surface area contributed by atoms with Gasteiger partial charge >= 0.3 is 0 Å². The Bertz CT molecular complexity index is 429. The van der Waals surface area contributed by atoms with Crippen LogP contribution in [0.1, 0.15) is 31.4 Å². The van der Waals surface area contributed by atoms with Crippen LogP contribution >= 0.6 is 0 Å². The lowest BCUT2D eigenvalue weighted by atomic mass is 10.0. The van der Waals surface area contributed by atoms with Crippen LogP contribution in [-0.2, 0) is 4.79 Å². The highest BCUT2D eigenvalue weighted by atomic mass is 16.2. The lowest BCUT2D eigenvalue weighted by Gasteiger charge is -2.27. The highest BCUT2D eigenvalue weighted by molar-refractivity contribution is 5.82. The van der Waals surface area contributed by atoms with Gasteiger partial charge in [0.1, 0.15) is 0 Å². The molecule has 1 saturated heterocycles. The van der Waals surface area contributed by atoms with Gasteiger partial charge < -0.3 is 15.5 Å². The van der Waals surface area contributed by atoms with Crippen molar-refractivity contribution in [2.75, 3.05) is 31.6 Å². The Kier molecular flexibility index (Phi) is 4.80. The zero-order valence-corrected chi connectivity index (χ0v) is 11.8. The maximum Gasteiger partial charge on any atom is 0.239 e. The molecule has 1 aliphatic heterocycles. The highest BCUT2D eigenvalue weighted by Gasteiger charge is 2.19. The molecule has 0 aromatic heterocycles. The molecule has 0 spiro atoms. The van der Waals surface area contributed by atoms with Crippen molar-refractivity contribution in [1.29, 1.82) is 0 Å². The zero-order chi connectivity index (χ0) is 13.7. The summed E-state index contributed by atoms with van der Waals surface area (Å²) in [5.74, 6) is 0.116. The van der Waals surface area contributed by atoms with Gasteiger partial charge in [-0.3, -0.25) is 4.79 Å². The number of anilines is 1. The van der Waals surface area contributed by atoms with E-state index in [9.17, 15) is 4.79 Å². The SMILES string of the molecule is CCC(NC)c1ccccc1N1CCCNC(=O)C1. The van der Waals surface area contributed by atoms with Gasteiger partial charge in [-0.15, -0.1) is 0 Å². The molecule has 1 amide bonds. The molecule has 19 heavy (non-hydrogen) atoms. The van der Waals surface area contributed by atoms with Crippen LogP contribution in [0.2, 0.25) is 0 Å². The van der Waals surface area contributed by atoms with Crippen molar-refractivity contribution >= 4 is 11.6 Å². The predicted molar refractivity (Wildman–Crippen MR) is 78.4 cm³/mol. The van der Waals surface area contributed by atoms with E-state index in [-0.39, 0.29) is 5.91 Å². The van der Waals surface area contributed by atoms with E-state index in [4.69, 9.17) is 0 Å². The number of hydrogen-bond donors (Lipinski definition) is 2. The molecule has 104 valence electrons. The first-order valence-electron chi connectivity index (χ1n) is 7.04. The molecule has 4 heteroatoms. The molecule has 4 nitrogen and oxygen atoms in total. The van der Waals surface area contributed by atoms with Crippen molar-refractivity contribution in [3.8, 4) is 0 Å². The normalized spacial score (nSPS) is 17.8. The van der Waals surface area contributed by atoms with Gasteiger partial charge in [-0.2, -0.15) is 0 Å². The van der Waals surface area contributed by atoms with Gasteiger partial charge in [-0.05, 0) is 31.5 Å². The van der Waals surface area contributed by atoms with Gasteiger partial charge in [0.25, 0.3) is 0 Å². The van der Waals surface area contributed by atoms with E-state index in [0.29, 0.717) is 12.6 Å². The highest BCUT2D eigenvalue weighted by Crippen LogP contribution is 2.28. The summed E-state index contributed by atoms with van der Waals surface area (Å²) in [7, 11) is 1.99. The summed E-state index contributed by atoms with van der Waals surface area (Å²) in [6.07, 6.45) is 2.03. The summed E-state index contributed by atoms with van der Waals surface area (Å²) in [5.41, 5.74) is 2.46. The van der Waals surface area contributed by atoms with Crippen LogP contribution in [0, 0.1) is 0 Å². The predicted octanol–water partition coefficient (Wildman–Crippen LogP) is 1.68. The van der Waals surface area contributed by atoms with E-state index >= 15 is 0 Å². The fraction of sp³-hybridized carbons (Fsp3) is 0.533. The van der Waals surface area contributed by atoms with E-state index < -0.39 is 0 Å². The van der Waals surface area contributed by atoms with Crippen molar-refractivity contribution in [2.24, 2.45) is 0 Å². The first-order chi connectivity index (χ1) is 9.26. The molecule has 0 aliphatic carbocycles. The van der Waals surface area contributed by atoms with Crippen molar-refractivity contribution < 1.29 is 4.79 Å². The zero-order valence-electron chi connectivity index (χ0n) is 11.8. The summed E-state index contributed by atoms with van der Waals surface area (Å²) in [6.45, 7) is 4.33. The molecule has 0 saturated carbocycles. The van der Waals surface area contributed by atoms with Crippen LogP contribution in [0.25, 0.3) is 0 Å².